The van der Waals surface area contributed by atoms with Gasteiger partial charge in [-0.15, -0.1) is 0 Å². The number of rotatable bonds is 3. The molecule has 0 atom stereocenters. The Balaban J connectivity index is 2.35. The number of morpholine rings is 1. The number of hydrazine groups is 1. The van der Waals surface area contributed by atoms with Gasteiger partial charge in [-0.05, 0) is 6.92 Å². The summed E-state index contributed by atoms with van der Waals surface area (Å²) in [6.45, 7) is 5.62. The molecule has 0 N–H and O–H groups in total. The van der Waals surface area contributed by atoms with Gasteiger partial charge in [-0.25, -0.2) is 5.01 Å². The van der Waals surface area contributed by atoms with Crippen molar-refractivity contribution in [2.24, 2.45) is 0 Å². The Labute approximate surface area is 66.7 Å². The van der Waals surface area contributed by atoms with Crippen molar-refractivity contribution < 1.29 is 9.53 Å². The molecule has 1 heterocycles. The van der Waals surface area contributed by atoms with E-state index < -0.39 is 0 Å². The molecule has 1 amide bonds. The van der Waals surface area contributed by atoms with Gasteiger partial charge in [0.05, 0.1) is 13.2 Å². The Morgan fingerprint density at radius 2 is 2.18 bits per heavy atom. The number of amides is 1. The predicted molar refractivity (Wildman–Crippen MR) is 40.5 cm³/mol. The molecule has 0 bridgehead atoms. The van der Waals surface area contributed by atoms with E-state index in [4.69, 9.17) is 4.74 Å². The molecule has 11 heavy (non-hydrogen) atoms. The van der Waals surface area contributed by atoms with Gasteiger partial charge in [-0.1, -0.05) is 0 Å². The zero-order valence-electron chi connectivity index (χ0n) is 6.75. The minimum Gasteiger partial charge on any atom is -0.379 e. The molecule has 0 aromatic heterocycles. The van der Waals surface area contributed by atoms with Crippen LogP contribution in [0.2, 0.25) is 0 Å². The highest BCUT2D eigenvalue weighted by atomic mass is 16.5. The Kier molecular flexibility index (Phi) is 3.32. The van der Waals surface area contributed by atoms with Crippen molar-refractivity contribution in [2.75, 3.05) is 32.8 Å². The summed E-state index contributed by atoms with van der Waals surface area (Å²) >= 11 is 0. The minimum absolute atomic E-state index is 0.684. The number of ether oxygens (including phenoxy) is 1. The van der Waals surface area contributed by atoms with E-state index in [2.05, 4.69) is 0 Å². The van der Waals surface area contributed by atoms with Crippen LogP contribution < -0.4 is 0 Å². The van der Waals surface area contributed by atoms with Crippen molar-refractivity contribution >= 4 is 6.41 Å². The lowest BCUT2D eigenvalue weighted by atomic mass is 10.5. The molecular weight excluding hydrogens is 144 g/mol. The van der Waals surface area contributed by atoms with Gasteiger partial charge in [0.25, 0.3) is 0 Å². The average Bonchev–Trinajstić information content (AvgIpc) is 2.09. The SMILES string of the molecule is CCN([C]=O)N1CCOCC1. The third kappa shape index (κ3) is 2.17. The first-order valence-electron chi connectivity index (χ1n) is 3.86. The van der Waals surface area contributed by atoms with Crippen molar-refractivity contribution in [1.82, 2.24) is 10.0 Å². The Morgan fingerprint density at radius 3 is 2.64 bits per heavy atom. The van der Waals surface area contributed by atoms with Crippen LogP contribution in [0.5, 0.6) is 0 Å². The van der Waals surface area contributed by atoms with Crippen LogP contribution in [0, 0.1) is 0 Å². The van der Waals surface area contributed by atoms with Gasteiger partial charge in [-0.3, -0.25) is 9.80 Å². The maximum absolute atomic E-state index is 10.4. The molecule has 0 aliphatic carbocycles. The Morgan fingerprint density at radius 1 is 1.55 bits per heavy atom. The van der Waals surface area contributed by atoms with Gasteiger partial charge in [0, 0.05) is 19.6 Å². The van der Waals surface area contributed by atoms with Crippen LogP contribution in [0.1, 0.15) is 6.92 Å². The molecule has 0 unspecified atom stereocenters. The fourth-order valence-corrected chi connectivity index (χ4v) is 1.12. The first-order valence-corrected chi connectivity index (χ1v) is 3.86. The van der Waals surface area contributed by atoms with E-state index in [0.29, 0.717) is 19.8 Å². The standard InChI is InChI=1S/C7H13N2O2/c1-2-8(7-10)9-3-5-11-6-4-9/h2-6H2,1H3. The first kappa shape index (κ1) is 8.49. The summed E-state index contributed by atoms with van der Waals surface area (Å²) < 4.78 is 5.14. The highest BCUT2D eigenvalue weighted by Crippen LogP contribution is 1.99. The molecule has 0 aromatic carbocycles. The smallest absolute Gasteiger partial charge is 0.327 e. The second-order valence-corrected chi connectivity index (χ2v) is 2.37. The lowest BCUT2D eigenvalue weighted by molar-refractivity contribution is -0.0487. The van der Waals surface area contributed by atoms with Crippen molar-refractivity contribution in [2.45, 2.75) is 6.92 Å². The monoisotopic (exact) mass is 157 g/mol. The van der Waals surface area contributed by atoms with E-state index in [1.807, 2.05) is 18.3 Å². The van der Waals surface area contributed by atoms with Gasteiger partial charge in [0.1, 0.15) is 0 Å². The molecule has 1 rings (SSSR count). The first-order chi connectivity index (χ1) is 5.38. The Bertz CT molecular complexity index is 124. The largest absolute Gasteiger partial charge is 0.379 e. The van der Waals surface area contributed by atoms with Crippen molar-refractivity contribution in [3.8, 4) is 0 Å². The van der Waals surface area contributed by atoms with Gasteiger partial charge < -0.3 is 4.74 Å². The van der Waals surface area contributed by atoms with E-state index in [0.717, 1.165) is 13.1 Å². The van der Waals surface area contributed by atoms with Crippen LogP contribution in [-0.2, 0) is 9.53 Å². The molecule has 1 radical (unpaired) electrons. The van der Waals surface area contributed by atoms with Crippen LogP contribution in [0.15, 0.2) is 0 Å². The highest BCUT2D eigenvalue weighted by Gasteiger charge is 2.15. The molecule has 4 heteroatoms. The van der Waals surface area contributed by atoms with Gasteiger partial charge in [0.15, 0.2) is 0 Å². The fraction of sp³-hybridized carbons (Fsp3) is 0.857. The molecule has 1 fully saturated rings. The van der Waals surface area contributed by atoms with E-state index in [1.165, 1.54) is 0 Å². The molecule has 4 nitrogen and oxygen atoms in total. The van der Waals surface area contributed by atoms with Crippen LogP contribution >= 0.6 is 0 Å². The molecule has 63 valence electrons. The summed E-state index contributed by atoms with van der Waals surface area (Å²) in [6, 6.07) is 0. The molecule has 0 saturated carbocycles. The summed E-state index contributed by atoms with van der Waals surface area (Å²) in [5, 5.41) is 3.51. The van der Waals surface area contributed by atoms with Gasteiger partial charge in [0.2, 0.25) is 0 Å². The second kappa shape index (κ2) is 4.31. The van der Waals surface area contributed by atoms with Gasteiger partial charge in [-0.2, -0.15) is 0 Å². The van der Waals surface area contributed by atoms with Crippen LogP contribution in [0.25, 0.3) is 0 Å². The van der Waals surface area contributed by atoms with E-state index in [9.17, 15) is 4.79 Å². The topological polar surface area (TPSA) is 32.8 Å². The summed E-state index contributed by atoms with van der Waals surface area (Å²) in [5.41, 5.74) is 0. The third-order valence-corrected chi connectivity index (χ3v) is 1.73. The van der Waals surface area contributed by atoms with Crippen LogP contribution in [0.3, 0.4) is 0 Å². The highest BCUT2D eigenvalue weighted by molar-refractivity contribution is 5.47. The molecule has 0 spiro atoms. The third-order valence-electron chi connectivity index (χ3n) is 1.73. The van der Waals surface area contributed by atoms with E-state index in [-0.39, 0.29) is 0 Å². The molecular formula is C7H13N2O2. The Hall–Kier alpha value is -0.610. The second-order valence-electron chi connectivity index (χ2n) is 2.37. The average molecular weight is 157 g/mol. The maximum atomic E-state index is 10.4. The van der Waals surface area contributed by atoms with E-state index >= 15 is 0 Å². The summed E-state index contributed by atoms with van der Waals surface area (Å²) in [5.74, 6) is 0. The normalized spacial score (nSPS) is 19.7. The van der Waals surface area contributed by atoms with Gasteiger partial charge >= 0.3 is 6.41 Å². The zero-order valence-corrected chi connectivity index (χ0v) is 6.75. The lowest BCUT2D eigenvalue weighted by Gasteiger charge is -2.33. The van der Waals surface area contributed by atoms with Crippen LogP contribution in [0.4, 0.5) is 0 Å². The predicted octanol–water partition coefficient (Wildman–Crippen LogP) is -0.377. The number of carbonyl (C=O) groups excluding carboxylic acids is 1. The minimum atomic E-state index is 0.684. The fourth-order valence-electron chi connectivity index (χ4n) is 1.12. The quantitative estimate of drug-likeness (QED) is 0.524. The van der Waals surface area contributed by atoms with Crippen LogP contribution in [-0.4, -0.2) is 49.3 Å². The molecule has 1 saturated heterocycles. The summed E-state index contributed by atoms with van der Waals surface area (Å²) in [4.78, 5) is 10.4. The zero-order chi connectivity index (χ0) is 8.10. The van der Waals surface area contributed by atoms with E-state index in [1.54, 1.807) is 5.01 Å². The maximum Gasteiger partial charge on any atom is 0.327 e. The summed E-state index contributed by atoms with van der Waals surface area (Å²) in [6.07, 6.45) is 1.88. The molecule has 1 aliphatic heterocycles. The van der Waals surface area contributed by atoms with Crippen molar-refractivity contribution in [3.05, 3.63) is 0 Å². The number of nitrogens with zero attached hydrogens (tertiary/aromatic N) is 2. The molecule has 1 aliphatic rings. The molecule has 0 aromatic rings. The number of hydrogen-bond acceptors (Lipinski definition) is 3. The van der Waals surface area contributed by atoms with Crippen molar-refractivity contribution in [1.29, 1.82) is 0 Å². The summed E-state index contributed by atoms with van der Waals surface area (Å²) in [7, 11) is 0. The van der Waals surface area contributed by atoms with Crippen molar-refractivity contribution in [3.63, 3.8) is 0 Å². The lowest BCUT2D eigenvalue weighted by Crippen LogP contribution is -2.47. The number of hydrogen-bond donors (Lipinski definition) is 0.